The average Bonchev–Trinajstić information content (AvgIpc) is 2.69. The van der Waals surface area contributed by atoms with Crippen molar-refractivity contribution in [3.8, 4) is 11.5 Å². The van der Waals surface area contributed by atoms with Gasteiger partial charge in [0.2, 0.25) is 0 Å². The van der Waals surface area contributed by atoms with Gasteiger partial charge in [-0.1, -0.05) is 53.7 Å². The van der Waals surface area contributed by atoms with E-state index in [9.17, 15) is 30.0 Å². The Morgan fingerprint density at radius 3 is 1.29 bits per heavy atom. The van der Waals surface area contributed by atoms with Crippen LogP contribution in [0.15, 0.2) is 24.3 Å². The maximum Gasteiger partial charge on any atom is 0.339 e. The highest BCUT2D eigenvalue weighted by molar-refractivity contribution is 5.93. The second kappa shape index (κ2) is 8.61. The first-order valence-corrected chi connectivity index (χ1v) is 10.4. The molecule has 0 saturated heterocycles. The molecule has 168 valence electrons. The number of benzene rings is 2. The highest BCUT2D eigenvalue weighted by atomic mass is 16.4. The third-order valence-electron chi connectivity index (χ3n) is 6.55. The van der Waals surface area contributed by atoms with Gasteiger partial charge in [-0.3, -0.25) is 0 Å². The Morgan fingerprint density at radius 1 is 0.710 bits per heavy atom. The highest BCUT2D eigenvalue weighted by Crippen LogP contribution is 2.38. The van der Waals surface area contributed by atoms with E-state index in [4.69, 9.17) is 0 Å². The van der Waals surface area contributed by atoms with Crippen LogP contribution in [0, 0.1) is 0 Å². The van der Waals surface area contributed by atoms with Gasteiger partial charge in [-0.15, -0.1) is 0 Å². The van der Waals surface area contributed by atoms with Crippen LogP contribution < -0.4 is 0 Å². The fraction of sp³-hybridized carbons (Fsp3) is 0.440. The minimum atomic E-state index is -1.25. The van der Waals surface area contributed by atoms with E-state index in [1.165, 1.54) is 12.1 Å². The number of aromatic hydroxyl groups is 2. The van der Waals surface area contributed by atoms with Gasteiger partial charge in [-0.2, -0.15) is 0 Å². The molecule has 0 atom stereocenters. The molecular weight excluding hydrogens is 396 g/mol. The minimum absolute atomic E-state index is 0.000501. The van der Waals surface area contributed by atoms with Crippen LogP contribution >= 0.6 is 0 Å². The predicted octanol–water partition coefficient (Wildman–Crippen LogP) is 5.46. The molecule has 0 saturated carbocycles. The zero-order valence-electron chi connectivity index (χ0n) is 19.0. The summed E-state index contributed by atoms with van der Waals surface area (Å²) in [7, 11) is 0. The van der Waals surface area contributed by atoms with Crippen molar-refractivity contribution >= 4 is 11.9 Å². The number of phenols is 2. The lowest BCUT2D eigenvalue weighted by Gasteiger charge is -2.26. The van der Waals surface area contributed by atoms with Crippen LogP contribution in [0.2, 0.25) is 0 Å². The zero-order valence-corrected chi connectivity index (χ0v) is 19.0. The number of aromatic carboxylic acids is 2. The van der Waals surface area contributed by atoms with Crippen LogP contribution in [0.5, 0.6) is 11.5 Å². The van der Waals surface area contributed by atoms with Gasteiger partial charge in [-0.25, -0.2) is 9.59 Å². The van der Waals surface area contributed by atoms with Gasteiger partial charge < -0.3 is 20.4 Å². The van der Waals surface area contributed by atoms with Gasteiger partial charge in [0, 0.05) is 6.42 Å². The predicted molar refractivity (Wildman–Crippen MR) is 120 cm³/mol. The van der Waals surface area contributed by atoms with Crippen molar-refractivity contribution < 1.29 is 30.0 Å². The van der Waals surface area contributed by atoms with E-state index in [0.717, 1.165) is 24.0 Å². The molecule has 0 aliphatic rings. The Balaban J connectivity index is 2.75. The molecule has 4 N–H and O–H groups in total. The second-order valence-electron chi connectivity index (χ2n) is 9.33. The number of rotatable bonds is 8. The summed E-state index contributed by atoms with van der Waals surface area (Å²) < 4.78 is 0. The fourth-order valence-electron chi connectivity index (χ4n) is 3.38. The van der Waals surface area contributed by atoms with E-state index in [2.05, 4.69) is 0 Å². The molecule has 2 rings (SSSR count). The summed E-state index contributed by atoms with van der Waals surface area (Å²) >= 11 is 0. The fourth-order valence-corrected chi connectivity index (χ4v) is 3.38. The third-order valence-corrected chi connectivity index (χ3v) is 6.55. The summed E-state index contributed by atoms with van der Waals surface area (Å²) in [6.45, 7) is 11.9. The van der Waals surface area contributed by atoms with Crippen LogP contribution in [0.4, 0.5) is 0 Å². The highest BCUT2D eigenvalue weighted by Gasteiger charge is 2.27. The quantitative estimate of drug-likeness (QED) is 0.444. The maximum absolute atomic E-state index is 11.7. The largest absolute Gasteiger partial charge is 0.507 e. The van der Waals surface area contributed by atoms with Crippen molar-refractivity contribution in [1.82, 2.24) is 0 Å². The molecule has 6 nitrogen and oxygen atoms in total. The summed E-state index contributed by atoms with van der Waals surface area (Å²) in [5, 5.41) is 40.5. The first kappa shape index (κ1) is 24.3. The lowest BCUT2D eigenvalue weighted by atomic mass is 9.79. The summed E-state index contributed by atoms with van der Waals surface area (Å²) in [6, 6.07) is 6.43. The van der Waals surface area contributed by atoms with Crippen LogP contribution in [0.1, 0.15) is 97.4 Å². The van der Waals surface area contributed by atoms with Crippen molar-refractivity contribution in [3.63, 3.8) is 0 Å². The zero-order chi connectivity index (χ0) is 23.7. The van der Waals surface area contributed by atoms with Gasteiger partial charge in [0.1, 0.15) is 22.6 Å². The van der Waals surface area contributed by atoms with Crippen LogP contribution in [-0.4, -0.2) is 32.4 Å². The molecule has 0 aromatic heterocycles. The van der Waals surface area contributed by atoms with Gasteiger partial charge in [0.25, 0.3) is 0 Å². The molecule has 0 aliphatic carbocycles. The van der Waals surface area contributed by atoms with Crippen LogP contribution in [0.3, 0.4) is 0 Å². The molecule has 0 fully saturated rings. The van der Waals surface area contributed by atoms with Gasteiger partial charge in [0.05, 0.1) is 0 Å². The molecule has 0 amide bonds. The van der Waals surface area contributed by atoms with Crippen LogP contribution in [-0.2, 0) is 17.3 Å². The molecule has 2 aromatic carbocycles. The number of carboxylic acids is 2. The number of carbonyl (C=O) groups is 2. The molecule has 0 spiro atoms. The van der Waals surface area contributed by atoms with E-state index in [1.807, 2.05) is 41.5 Å². The first-order valence-electron chi connectivity index (χ1n) is 10.4. The molecule has 0 unspecified atom stereocenters. The van der Waals surface area contributed by atoms with E-state index in [0.29, 0.717) is 11.1 Å². The van der Waals surface area contributed by atoms with E-state index in [-0.39, 0.29) is 39.9 Å². The summed E-state index contributed by atoms with van der Waals surface area (Å²) in [5.74, 6) is -3.24. The van der Waals surface area contributed by atoms with Crippen molar-refractivity contribution in [1.29, 1.82) is 0 Å². The summed E-state index contributed by atoms with van der Waals surface area (Å²) in [6.07, 6.45) is 1.51. The molecule has 31 heavy (non-hydrogen) atoms. The maximum atomic E-state index is 11.7. The van der Waals surface area contributed by atoms with Crippen molar-refractivity contribution in [2.24, 2.45) is 0 Å². The molecule has 6 heteroatoms. The Bertz CT molecular complexity index is 936. The topological polar surface area (TPSA) is 115 Å². The average molecular weight is 429 g/mol. The van der Waals surface area contributed by atoms with Crippen molar-refractivity contribution in [3.05, 3.63) is 57.6 Å². The SMILES string of the molecule is CCC(C)(C)c1cc(Cc2cc(C(C)(C)CC)cc(C(=O)O)c2O)c(O)c(C(=O)O)c1. The molecule has 0 heterocycles. The molecular formula is C25H32O6. The summed E-state index contributed by atoms with van der Waals surface area (Å²) in [4.78, 5) is 23.5. The number of hydrogen-bond acceptors (Lipinski definition) is 4. The standard InChI is InChI=1S/C25H32O6/c1-7-24(3,4)16-10-14(20(26)18(12-16)22(28)29)9-15-11-17(25(5,6)8-2)13-19(21(15)27)23(30)31/h10-13,26-27H,7-9H2,1-6H3,(H,28,29)(H,30,31). The Kier molecular flexibility index (Phi) is 6.74. The van der Waals surface area contributed by atoms with Gasteiger partial charge in [0.15, 0.2) is 0 Å². The minimum Gasteiger partial charge on any atom is -0.507 e. The third kappa shape index (κ3) is 4.84. The van der Waals surface area contributed by atoms with E-state index < -0.39 is 11.9 Å². The van der Waals surface area contributed by atoms with Crippen molar-refractivity contribution in [2.75, 3.05) is 0 Å². The van der Waals surface area contributed by atoms with E-state index in [1.54, 1.807) is 12.1 Å². The summed E-state index contributed by atoms with van der Waals surface area (Å²) in [5.41, 5.74) is 1.09. The molecule has 0 bridgehead atoms. The van der Waals surface area contributed by atoms with Gasteiger partial charge >= 0.3 is 11.9 Å². The smallest absolute Gasteiger partial charge is 0.339 e. The molecule has 0 radical (unpaired) electrons. The molecule has 2 aromatic rings. The lowest BCUT2D eigenvalue weighted by Crippen LogP contribution is -2.18. The molecule has 0 aliphatic heterocycles. The number of carboxylic acid groups (broad SMARTS) is 2. The monoisotopic (exact) mass is 428 g/mol. The lowest BCUT2D eigenvalue weighted by molar-refractivity contribution is 0.0682. The normalized spacial score (nSPS) is 12.1. The first-order chi connectivity index (χ1) is 14.2. The Morgan fingerprint density at radius 2 is 1.03 bits per heavy atom. The van der Waals surface area contributed by atoms with Crippen molar-refractivity contribution in [2.45, 2.75) is 71.6 Å². The van der Waals surface area contributed by atoms with Gasteiger partial charge in [-0.05, 0) is 58.1 Å². The second-order valence-corrected chi connectivity index (χ2v) is 9.33. The Labute approximate surface area is 183 Å². The number of hydrogen-bond donors (Lipinski definition) is 4. The van der Waals surface area contributed by atoms with E-state index >= 15 is 0 Å². The Hall–Kier alpha value is -3.02. The van der Waals surface area contributed by atoms with Crippen LogP contribution in [0.25, 0.3) is 0 Å².